The van der Waals surface area contributed by atoms with Crippen LogP contribution in [0.2, 0.25) is 0 Å². The molecule has 13 heavy (non-hydrogen) atoms. The lowest BCUT2D eigenvalue weighted by Crippen LogP contribution is -2.24. The molecule has 0 saturated heterocycles. The molecule has 0 aliphatic heterocycles. The van der Waals surface area contributed by atoms with Gasteiger partial charge in [0.1, 0.15) is 0 Å². The van der Waals surface area contributed by atoms with Crippen molar-refractivity contribution in [2.75, 3.05) is 7.11 Å². The topological polar surface area (TPSA) is 63.6 Å². The molecule has 0 aliphatic carbocycles. The number of rotatable bonds is 6. The van der Waals surface area contributed by atoms with E-state index >= 15 is 0 Å². The van der Waals surface area contributed by atoms with Gasteiger partial charge in [0.2, 0.25) is 0 Å². The summed E-state index contributed by atoms with van der Waals surface area (Å²) in [5.74, 6) is -2.73. The molecule has 1 N–H and O–H groups in total. The zero-order chi connectivity index (χ0) is 10.3. The normalized spacial score (nSPS) is 12.2. The molecule has 4 nitrogen and oxygen atoms in total. The number of ether oxygens (including phenoxy) is 1. The zero-order valence-corrected chi connectivity index (χ0v) is 8.08. The number of aliphatic carboxylic acids is 1. The van der Waals surface area contributed by atoms with Crippen molar-refractivity contribution in [2.45, 2.75) is 32.6 Å². The summed E-state index contributed by atoms with van der Waals surface area (Å²) in [6.07, 6.45) is 3.08. The number of unbranched alkanes of at least 4 members (excludes halogenated alkanes) is 2. The van der Waals surface area contributed by atoms with Crippen molar-refractivity contribution in [1.29, 1.82) is 0 Å². The van der Waals surface area contributed by atoms with Crippen molar-refractivity contribution < 1.29 is 19.4 Å². The molecule has 76 valence electrons. The van der Waals surface area contributed by atoms with E-state index in [1.807, 2.05) is 6.92 Å². The van der Waals surface area contributed by atoms with Crippen LogP contribution < -0.4 is 0 Å². The van der Waals surface area contributed by atoms with E-state index in [0.717, 1.165) is 19.3 Å². The van der Waals surface area contributed by atoms with Crippen LogP contribution in [-0.2, 0) is 14.3 Å². The monoisotopic (exact) mass is 188 g/mol. The number of esters is 1. The van der Waals surface area contributed by atoms with Gasteiger partial charge in [-0.2, -0.15) is 0 Å². The van der Waals surface area contributed by atoms with Gasteiger partial charge in [0.15, 0.2) is 5.92 Å². The van der Waals surface area contributed by atoms with Crippen LogP contribution in [0.15, 0.2) is 0 Å². The molecule has 0 fully saturated rings. The SMILES string of the molecule is CCCCCC(C(=O)O)C(=O)OC. The Hall–Kier alpha value is -1.06. The smallest absolute Gasteiger partial charge is 0.320 e. The van der Waals surface area contributed by atoms with E-state index < -0.39 is 17.9 Å². The summed E-state index contributed by atoms with van der Waals surface area (Å²) < 4.78 is 4.38. The van der Waals surface area contributed by atoms with Crippen LogP contribution in [0.3, 0.4) is 0 Å². The Morgan fingerprint density at radius 3 is 2.38 bits per heavy atom. The molecule has 0 aromatic rings. The molecule has 1 atom stereocenters. The first kappa shape index (κ1) is 11.9. The summed E-state index contributed by atoms with van der Waals surface area (Å²) in [5.41, 5.74) is 0. The Morgan fingerprint density at radius 2 is 2.00 bits per heavy atom. The summed E-state index contributed by atoms with van der Waals surface area (Å²) >= 11 is 0. The molecule has 0 aliphatic rings. The highest BCUT2D eigenvalue weighted by Gasteiger charge is 2.26. The Kier molecular flexibility index (Phi) is 5.93. The van der Waals surface area contributed by atoms with Gasteiger partial charge in [0.25, 0.3) is 0 Å². The predicted octanol–water partition coefficient (Wildman–Crippen LogP) is 1.44. The maximum absolute atomic E-state index is 10.9. The van der Waals surface area contributed by atoms with Crippen LogP contribution in [0.25, 0.3) is 0 Å². The highest BCUT2D eigenvalue weighted by Crippen LogP contribution is 2.11. The molecule has 0 amide bonds. The Labute approximate surface area is 77.9 Å². The number of carboxylic acid groups (broad SMARTS) is 1. The number of carbonyl (C=O) groups excluding carboxylic acids is 1. The molecule has 0 radical (unpaired) electrons. The third kappa shape index (κ3) is 4.50. The number of carbonyl (C=O) groups is 2. The molecule has 0 aromatic carbocycles. The maximum atomic E-state index is 10.9. The minimum Gasteiger partial charge on any atom is -0.481 e. The fourth-order valence-corrected chi connectivity index (χ4v) is 1.08. The highest BCUT2D eigenvalue weighted by atomic mass is 16.5. The molecule has 0 saturated carbocycles. The van der Waals surface area contributed by atoms with Crippen molar-refractivity contribution in [1.82, 2.24) is 0 Å². The predicted molar refractivity (Wildman–Crippen MR) is 47.3 cm³/mol. The van der Waals surface area contributed by atoms with E-state index in [-0.39, 0.29) is 0 Å². The second kappa shape index (κ2) is 6.46. The Bertz CT molecular complexity index is 176. The lowest BCUT2D eigenvalue weighted by atomic mass is 10.0. The fourth-order valence-electron chi connectivity index (χ4n) is 1.08. The van der Waals surface area contributed by atoms with Gasteiger partial charge < -0.3 is 9.84 Å². The lowest BCUT2D eigenvalue weighted by Gasteiger charge is -2.08. The van der Waals surface area contributed by atoms with Crippen LogP contribution >= 0.6 is 0 Å². The average molecular weight is 188 g/mol. The van der Waals surface area contributed by atoms with Crippen LogP contribution in [0.4, 0.5) is 0 Å². The summed E-state index contributed by atoms with van der Waals surface area (Å²) in [4.78, 5) is 21.5. The van der Waals surface area contributed by atoms with Crippen molar-refractivity contribution in [3.8, 4) is 0 Å². The number of carboxylic acids is 1. The molecule has 0 spiro atoms. The van der Waals surface area contributed by atoms with Gasteiger partial charge in [0, 0.05) is 0 Å². The van der Waals surface area contributed by atoms with E-state index in [1.165, 1.54) is 7.11 Å². The van der Waals surface area contributed by atoms with Gasteiger partial charge in [-0.15, -0.1) is 0 Å². The van der Waals surface area contributed by atoms with Crippen LogP contribution in [0.1, 0.15) is 32.6 Å². The third-order valence-corrected chi connectivity index (χ3v) is 1.88. The molecule has 4 heteroatoms. The minimum absolute atomic E-state index is 0.371. The summed E-state index contributed by atoms with van der Waals surface area (Å²) in [6, 6.07) is 0. The molecule has 0 bridgehead atoms. The van der Waals surface area contributed by atoms with Crippen molar-refractivity contribution in [3.63, 3.8) is 0 Å². The van der Waals surface area contributed by atoms with Crippen LogP contribution in [0, 0.1) is 5.92 Å². The van der Waals surface area contributed by atoms with Gasteiger partial charge in [-0.25, -0.2) is 0 Å². The molecule has 0 rings (SSSR count). The number of methoxy groups -OCH3 is 1. The first-order valence-electron chi connectivity index (χ1n) is 4.44. The van der Waals surface area contributed by atoms with Gasteiger partial charge in [0.05, 0.1) is 7.11 Å². The molecule has 1 unspecified atom stereocenters. The Morgan fingerprint density at radius 1 is 1.38 bits per heavy atom. The zero-order valence-electron chi connectivity index (χ0n) is 8.08. The van der Waals surface area contributed by atoms with E-state index in [4.69, 9.17) is 5.11 Å². The van der Waals surface area contributed by atoms with Crippen molar-refractivity contribution in [3.05, 3.63) is 0 Å². The second-order valence-electron chi connectivity index (χ2n) is 2.91. The average Bonchev–Trinajstić information content (AvgIpc) is 2.11. The van der Waals surface area contributed by atoms with Crippen LogP contribution in [0.5, 0.6) is 0 Å². The van der Waals surface area contributed by atoms with Gasteiger partial charge in [-0.05, 0) is 6.42 Å². The maximum Gasteiger partial charge on any atom is 0.320 e. The summed E-state index contributed by atoms with van der Waals surface area (Å²) in [7, 11) is 1.21. The van der Waals surface area contributed by atoms with Crippen molar-refractivity contribution >= 4 is 11.9 Å². The highest BCUT2D eigenvalue weighted by molar-refractivity contribution is 5.93. The third-order valence-electron chi connectivity index (χ3n) is 1.88. The van der Waals surface area contributed by atoms with Gasteiger partial charge >= 0.3 is 11.9 Å². The van der Waals surface area contributed by atoms with E-state index in [2.05, 4.69) is 4.74 Å². The van der Waals surface area contributed by atoms with E-state index in [0.29, 0.717) is 6.42 Å². The Balaban J connectivity index is 3.95. The number of hydrogen-bond acceptors (Lipinski definition) is 3. The largest absolute Gasteiger partial charge is 0.481 e. The van der Waals surface area contributed by atoms with Crippen molar-refractivity contribution in [2.24, 2.45) is 5.92 Å². The fraction of sp³-hybridized carbons (Fsp3) is 0.778. The summed E-state index contributed by atoms with van der Waals surface area (Å²) in [6.45, 7) is 2.02. The van der Waals surface area contributed by atoms with E-state index in [1.54, 1.807) is 0 Å². The molecule has 0 heterocycles. The number of hydrogen-bond donors (Lipinski definition) is 1. The molecule has 0 aromatic heterocycles. The lowest BCUT2D eigenvalue weighted by molar-refractivity contribution is -0.157. The minimum atomic E-state index is -1.09. The van der Waals surface area contributed by atoms with Crippen LogP contribution in [-0.4, -0.2) is 24.2 Å². The first-order chi connectivity index (χ1) is 6.13. The summed E-state index contributed by atoms with van der Waals surface area (Å²) in [5, 5.41) is 8.67. The second-order valence-corrected chi connectivity index (χ2v) is 2.91. The quantitative estimate of drug-likeness (QED) is 0.389. The molecular weight excluding hydrogens is 172 g/mol. The van der Waals surface area contributed by atoms with Gasteiger partial charge in [-0.3, -0.25) is 9.59 Å². The van der Waals surface area contributed by atoms with Gasteiger partial charge in [-0.1, -0.05) is 26.2 Å². The van der Waals surface area contributed by atoms with E-state index in [9.17, 15) is 9.59 Å². The first-order valence-corrected chi connectivity index (χ1v) is 4.44. The molecular formula is C9H16O4. The standard InChI is InChI=1S/C9H16O4/c1-3-4-5-6-7(8(10)11)9(12)13-2/h7H,3-6H2,1-2H3,(H,10,11).